The Morgan fingerprint density at radius 1 is 1.26 bits per heavy atom. The van der Waals surface area contributed by atoms with E-state index in [-0.39, 0.29) is 18.2 Å². The Bertz CT molecular complexity index is 987. The van der Waals surface area contributed by atoms with Gasteiger partial charge in [0.1, 0.15) is 5.82 Å². The SMILES string of the molecule is CCc1ccc(-c2noc(C3CC(=O)N(c4cc(F)ccc4Cl)C3)n2)cc1. The Balaban J connectivity index is 1.56. The van der Waals surface area contributed by atoms with E-state index < -0.39 is 5.82 Å². The van der Waals surface area contributed by atoms with Crippen LogP contribution in [-0.4, -0.2) is 22.6 Å². The van der Waals surface area contributed by atoms with Gasteiger partial charge in [-0.05, 0) is 30.2 Å². The molecule has 1 aliphatic heterocycles. The molecule has 27 heavy (non-hydrogen) atoms. The van der Waals surface area contributed by atoms with Gasteiger partial charge in [0.2, 0.25) is 17.6 Å². The molecule has 1 saturated heterocycles. The summed E-state index contributed by atoms with van der Waals surface area (Å²) >= 11 is 6.13. The van der Waals surface area contributed by atoms with Gasteiger partial charge in [0.25, 0.3) is 0 Å². The molecule has 1 aliphatic rings. The van der Waals surface area contributed by atoms with Crippen molar-refractivity contribution in [3.63, 3.8) is 0 Å². The lowest BCUT2D eigenvalue weighted by Gasteiger charge is -2.17. The minimum absolute atomic E-state index is 0.153. The van der Waals surface area contributed by atoms with Crippen molar-refractivity contribution < 1.29 is 13.7 Å². The Morgan fingerprint density at radius 3 is 2.78 bits per heavy atom. The summed E-state index contributed by atoms with van der Waals surface area (Å²) < 4.78 is 19.0. The number of carbonyl (C=O) groups is 1. The maximum Gasteiger partial charge on any atom is 0.232 e. The Kier molecular flexibility index (Phi) is 4.66. The first-order valence-electron chi connectivity index (χ1n) is 8.73. The fourth-order valence-corrected chi connectivity index (χ4v) is 3.43. The van der Waals surface area contributed by atoms with Gasteiger partial charge in [0.05, 0.1) is 16.6 Å². The third kappa shape index (κ3) is 3.45. The molecule has 0 aliphatic carbocycles. The number of halogens is 2. The topological polar surface area (TPSA) is 59.2 Å². The van der Waals surface area contributed by atoms with Crippen molar-refractivity contribution in [3.8, 4) is 11.4 Å². The highest BCUT2D eigenvalue weighted by molar-refractivity contribution is 6.33. The van der Waals surface area contributed by atoms with Crippen molar-refractivity contribution >= 4 is 23.2 Å². The lowest BCUT2D eigenvalue weighted by atomic mass is 10.1. The second kappa shape index (κ2) is 7.12. The molecule has 1 unspecified atom stereocenters. The highest BCUT2D eigenvalue weighted by atomic mass is 35.5. The first-order valence-corrected chi connectivity index (χ1v) is 9.11. The predicted octanol–water partition coefficient (Wildman–Crippen LogP) is 4.61. The summed E-state index contributed by atoms with van der Waals surface area (Å²) in [6.45, 7) is 2.41. The molecule has 0 saturated carbocycles. The van der Waals surface area contributed by atoms with E-state index in [1.807, 2.05) is 24.3 Å². The number of benzene rings is 2. The van der Waals surface area contributed by atoms with Crippen molar-refractivity contribution in [1.29, 1.82) is 0 Å². The van der Waals surface area contributed by atoms with Crippen molar-refractivity contribution in [2.75, 3.05) is 11.4 Å². The summed E-state index contributed by atoms with van der Waals surface area (Å²) in [4.78, 5) is 18.3. The van der Waals surface area contributed by atoms with E-state index in [2.05, 4.69) is 17.1 Å². The quantitative estimate of drug-likeness (QED) is 0.658. The van der Waals surface area contributed by atoms with Crippen LogP contribution in [0.4, 0.5) is 10.1 Å². The fraction of sp³-hybridized carbons (Fsp3) is 0.250. The Morgan fingerprint density at radius 2 is 2.04 bits per heavy atom. The number of amides is 1. The van der Waals surface area contributed by atoms with Crippen molar-refractivity contribution in [3.05, 3.63) is 64.8 Å². The zero-order valence-corrected chi connectivity index (χ0v) is 15.4. The first-order chi connectivity index (χ1) is 13.0. The number of nitrogens with zero attached hydrogens (tertiary/aromatic N) is 3. The third-order valence-electron chi connectivity index (χ3n) is 4.74. The number of aromatic nitrogens is 2. The van der Waals surface area contributed by atoms with Crippen LogP contribution in [0, 0.1) is 5.82 Å². The molecule has 0 spiro atoms. The van der Waals surface area contributed by atoms with E-state index in [9.17, 15) is 9.18 Å². The normalized spacial score (nSPS) is 16.9. The number of hydrogen-bond donors (Lipinski definition) is 0. The smallest absolute Gasteiger partial charge is 0.232 e. The summed E-state index contributed by atoms with van der Waals surface area (Å²) in [6.07, 6.45) is 1.17. The molecule has 138 valence electrons. The van der Waals surface area contributed by atoms with Gasteiger partial charge >= 0.3 is 0 Å². The molecule has 0 radical (unpaired) electrons. The van der Waals surface area contributed by atoms with Crippen molar-refractivity contribution in [2.24, 2.45) is 0 Å². The van der Waals surface area contributed by atoms with Crippen LogP contribution in [0.5, 0.6) is 0 Å². The van der Waals surface area contributed by atoms with E-state index in [0.717, 1.165) is 12.0 Å². The molecule has 0 bridgehead atoms. The van der Waals surface area contributed by atoms with Crippen molar-refractivity contribution in [2.45, 2.75) is 25.7 Å². The Hall–Kier alpha value is -2.73. The number of carbonyl (C=O) groups excluding carboxylic acids is 1. The molecular weight excluding hydrogens is 369 g/mol. The minimum Gasteiger partial charge on any atom is -0.339 e. The molecule has 2 aromatic carbocycles. The van der Waals surface area contributed by atoms with Gasteiger partial charge in [-0.25, -0.2) is 4.39 Å². The standard InChI is InChI=1S/C20H17ClFN3O2/c1-2-12-3-5-13(6-4-12)19-23-20(27-24-19)14-9-18(26)25(11-14)17-10-15(22)7-8-16(17)21/h3-8,10,14H,2,9,11H2,1H3. The molecular formula is C20H17ClFN3O2. The molecule has 1 fully saturated rings. The lowest BCUT2D eigenvalue weighted by molar-refractivity contribution is -0.117. The minimum atomic E-state index is -0.443. The monoisotopic (exact) mass is 385 g/mol. The molecule has 1 amide bonds. The van der Waals surface area contributed by atoms with Gasteiger partial charge in [0, 0.05) is 18.5 Å². The summed E-state index contributed by atoms with van der Waals surface area (Å²) in [5.41, 5.74) is 2.45. The number of aryl methyl sites for hydroxylation is 1. The van der Waals surface area contributed by atoms with Crippen LogP contribution in [0.2, 0.25) is 5.02 Å². The van der Waals surface area contributed by atoms with E-state index in [0.29, 0.717) is 29.0 Å². The van der Waals surface area contributed by atoms with E-state index in [1.165, 1.54) is 28.7 Å². The zero-order valence-electron chi connectivity index (χ0n) is 14.7. The van der Waals surface area contributed by atoms with Gasteiger partial charge in [0.15, 0.2) is 0 Å². The number of anilines is 1. The van der Waals surface area contributed by atoms with E-state index in [1.54, 1.807) is 0 Å². The summed E-state index contributed by atoms with van der Waals surface area (Å²) in [5, 5.41) is 4.37. The van der Waals surface area contributed by atoms with Crippen LogP contribution in [0.25, 0.3) is 11.4 Å². The molecule has 5 nitrogen and oxygen atoms in total. The fourth-order valence-electron chi connectivity index (χ4n) is 3.21. The van der Waals surface area contributed by atoms with E-state index in [4.69, 9.17) is 16.1 Å². The van der Waals surface area contributed by atoms with Gasteiger partial charge in [-0.2, -0.15) is 4.98 Å². The van der Waals surface area contributed by atoms with Crippen LogP contribution in [0.15, 0.2) is 47.0 Å². The average Bonchev–Trinajstić information content (AvgIpc) is 3.31. The lowest BCUT2D eigenvalue weighted by Crippen LogP contribution is -2.24. The maximum absolute atomic E-state index is 13.6. The van der Waals surface area contributed by atoms with E-state index >= 15 is 0 Å². The first kappa shape index (κ1) is 17.7. The second-order valence-electron chi connectivity index (χ2n) is 6.51. The molecule has 2 heterocycles. The zero-order chi connectivity index (χ0) is 19.0. The van der Waals surface area contributed by atoms with Crippen LogP contribution in [0.3, 0.4) is 0 Å². The number of hydrogen-bond acceptors (Lipinski definition) is 4. The van der Waals surface area contributed by atoms with Gasteiger partial charge in [-0.15, -0.1) is 0 Å². The van der Waals surface area contributed by atoms with Crippen molar-refractivity contribution in [1.82, 2.24) is 10.1 Å². The second-order valence-corrected chi connectivity index (χ2v) is 6.92. The third-order valence-corrected chi connectivity index (χ3v) is 5.05. The largest absolute Gasteiger partial charge is 0.339 e. The Labute approximate surface area is 160 Å². The molecule has 7 heteroatoms. The molecule has 4 rings (SSSR count). The van der Waals surface area contributed by atoms with Crippen LogP contribution in [0.1, 0.15) is 30.7 Å². The predicted molar refractivity (Wildman–Crippen MR) is 100 cm³/mol. The van der Waals surface area contributed by atoms with Gasteiger partial charge in [-0.3, -0.25) is 4.79 Å². The molecule has 1 atom stereocenters. The van der Waals surface area contributed by atoms with Crippen LogP contribution in [-0.2, 0) is 11.2 Å². The highest BCUT2D eigenvalue weighted by Crippen LogP contribution is 2.35. The summed E-state index contributed by atoms with van der Waals surface area (Å²) in [6, 6.07) is 11.9. The molecule has 1 aromatic heterocycles. The van der Waals surface area contributed by atoms with Gasteiger partial charge < -0.3 is 9.42 Å². The van der Waals surface area contributed by atoms with Gasteiger partial charge in [-0.1, -0.05) is 47.9 Å². The summed E-state index contributed by atoms with van der Waals surface area (Å²) in [7, 11) is 0. The maximum atomic E-state index is 13.6. The highest BCUT2D eigenvalue weighted by Gasteiger charge is 2.36. The molecule has 0 N–H and O–H groups in total. The van der Waals surface area contributed by atoms with Crippen LogP contribution < -0.4 is 4.90 Å². The average molecular weight is 386 g/mol. The summed E-state index contributed by atoms with van der Waals surface area (Å²) in [5.74, 6) is 0.0316. The van der Waals surface area contributed by atoms with Crippen LogP contribution >= 0.6 is 11.6 Å². The molecule has 3 aromatic rings. The number of rotatable bonds is 4.